The summed E-state index contributed by atoms with van der Waals surface area (Å²) in [4.78, 5) is 17.3. The Bertz CT molecular complexity index is 694. The molecule has 0 amide bonds. The van der Waals surface area contributed by atoms with E-state index >= 15 is 0 Å². The Hall–Kier alpha value is -2.14. The second kappa shape index (κ2) is 5.88. The van der Waals surface area contributed by atoms with Crippen LogP contribution in [0.3, 0.4) is 0 Å². The van der Waals surface area contributed by atoms with Crippen LogP contribution in [0.5, 0.6) is 0 Å². The molecule has 0 atom stereocenters. The van der Waals surface area contributed by atoms with E-state index in [0.29, 0.717) is 0 Å². The molecule has 3 aromatic rings. The molecule has 0 bridgehead atoms. The molecule has 4 nitrogen and oxygen atoms in total. The Morgan fingerprint density at radius 1 is 1.05 bits per heavy atom. The normalized spacial score (nSPS) is 10.7. The highest BCUT2D eigenvalue weighted by Crippen LogP contribution is 2.29. The Labute approximate surface area is 121 Å². The molecule has 0 fully saturated rings. The first kappa shape index (κ1) is 12.9. The van der Waals surface area contributed by atoms with Crippen molar-refractivity contribution < 1.29 is 0 Å². The van der Waals surface area contributed by atoms with Gasteiger partial charge in [0.1, 0.15) is 10.7 Å². The maximum absolute atomic E-state index is 4.67. The quantitative estimate of drug-likeness (QED) is 0.733. The Balaban J connectivity index is 1.98. The Kier molecular flexibility index (Phi) is 3.78. The zero-order valence-corrected chi connectivity index (χ0v) is 12.0. The van der Waals surface area contributed by atoms with Crippen LogP contribution in [0.1, 0.15) is 18.9 Å². The van der Waals surface area contributed by atoms with Crippen molar-refractivity contribution in [2.45, 2.75) is 19.8 Å². The number of rotatable bonds is 4. The first-order valence-corrected chi connectivity index (χ1v) is 7.41. The zero-order chi connectivity index (χ0) is 13.8. The number of hydrogen-bond donors (Lipinski definition) is 0. The van der Waals surface area contributed by atoms with Gasteiger partial charge in [-0.1, -0.05) is 13.3 Å². The van der Waals surface area contributed by atoms with Crippen molar-refractivity contribution in [3.8, 4) is 22.0 Å². The first-order valence-electron chi connectivity index (χ1n) is 6.53. The zero-order valence-electron chi connectivity index (χ0n) is 11.2. The smallest absolute Gasteiger partial charge is 0.144 e. The summed E-state index contributed by atoms with van der Waals surface area (Å²) in [6, 6.07) is 2.07. The van der Waals surface area contributed by atoms with Gasteiger partial charge in [-0.05, 0) is 18.1 Å². The fraction of sp³-hybridized carbons (Fsp3) is 0.200. The van der Waals surface area contributed by atoms with Crippen LogP contribution >= 0.6 is 11.3 Å². The van der Waals surface area contributed by atoms with Crippen LogP contribution in [0.4, 0.5) is 0 Å². The lowest BCUT2D eigenvalue weighted by molar-refractivity contribution is 0.919. The third-order valence-corrected chi connectivity index (χ3v) is 3.86. The molecule has 5 heteroatoms. The number of aryl methyl sites for hydroxylation is 1. The third kappa shape index (κ3) is 2.58. The van der Waals surface area contributed by atoms with Crippen molar-refractivity contribution in [1.29, 1.82) is 0 Å². The second-order valence-electron chi connectivity index (χ2n) is 4.41. The monoisotopic (exact) mass is 282 g/mol. The van der Waals surface area contributed by atoms with E-state index in [0.717, 1.165) is 34.8 Å². The van der Waals surface area contributed by atoms with E-state index in [1.807, 2.05) is 12.4 Å². The summed E-state index contributed by atoms with van der Waals surface area (Å²) in [6.45, 7) is 2.18. The van der Waals surface area contributed by atoms with Gasteiger partial charge in [0, 0.05) is 35.7 Å². The van der Waals surface area contributed by atoms with Crippen LogP contribution in [0, 0.1) is 0 Å². The van der Waals surface area contributed by atoms with Gasteiger partial charge in [0.05, 0.1) is 11.9 Å². The lowest BCUT2D eigenvalue weighted by atomic mass is 10.0. The third-order valence-electron chi connectivity index (χ3n) is 2.99. The fourth-order valence-electron chi connectivity index (χ4n) is 2.07. The standard InChI is InChI=1S/C15H14N4S/c1-2-3-11-4-5-16-8-12(11)14-10-20-15(19-14)13-9-17-6-7-18-13/h4-10H,2-3H2,1H3. The van der Waals surface area contributed by atoms with Crippen molar-refractivity contribution in [2.24, 2.45) is 0 Å². The Morgan fingerprint density at radius 2 is 1.95 bits per heavy atom. The van der Waals surface area contributed by atoms with Crippen LogP contribution in [0.2, 0.25) is 0 Å². The van der Waals surface area contributed by atoms with Crippen LogP contribution in [0.15, 0.2) is 42.4 Å². The number of pyridine rings is 1. The van der Waals surface area contributed by atoms with Crippen LogP contribution in [0.25, 0.3) is 22.0 Å². The first-order chi connectivity index (χ1) is 9.88. The summed E-state index contributed by atoms with van der Waals surface area (Å²) in [6.07, 6.45) is 11.0. The highest BCUT2D eigenvalue weighted by atomic mass is 32.1. The number of thiazole rings is 1. The molecule has 100 valence electrons. The molecule has 0 aliphatic carbocycles. The minimum atomic E-state index is 0.810. The summed E-state index contributed by atoms with van der Waals surface area (Å²) in [5.41, 5.74) is 4.18. The molecule has 0 N–H and O–H groups in total. The summed E-state index contributed by atoms with van der Waals surface area (Å²) >= 11 is 1.58. The summed E-state index contributed by atoms with van der Waals surface area (Å²) < 4.78 is 0. The van der Waals surface area contributed by atoms with Gasteiger partial charge in [0.15, 0.2) is 0 Å². The average molecular weight is 282 g/mol. The van der Waals surface area contributed by atoms with Crippen molar-refractivity contribution in [3.05, 3.63) is 48.0 Å². The van der Waals surface area contributed by atoms with Gasteiger partial charge in [-0.15, -0.1) is 11.3 Å². The molecule has 0 saturated carbocycles. The largest absolute Gasteiger partial charge is 0.264 e. The molecule has 20 heavy (non-hydrogen) atoms. The van der Waals surface area contributed by atoms with Crippen molar-refractivity contribution in [2.75, 3.05) is 0 Å². The minimum absolute atomic E-state index is 0.810. The lowest BCUT2D eigenvalue weighted by Gasteiger charge is -2.04. The summed E-state index contributed by atoms with van der Waals surface area (Å²) in [7, 11) is 0. The van der Waals surface area contributed by atoms with E-state index < -0.39 is 0 Å². The van der Waals surface area contributed by atoms with Crippen LogP contribution in [-0.2, 0) is 6.42 Å². The van der Waals surface area contributed by atoms with Crippen LogP contribution in [-0.4, -0.2) is 19.9 Å². The topological polar surface area (TPSA) is 51.6 Å². The molecular weight excluding hydrogens is 268 g/mol. The van der Waals surface area contributed by atoms with Crippen molar-refractivity contribution in [3.63, 3.8) is 0 Å². The van der Waals surface area contributed by atoms with Gasteiger partial charge in [0.2, 0.25) is 0 Å². The highest BCUT2D eigenvalue weighted by molar-refractivity contribution is 7.13. The van der Waals surface area contributed by atoms with Gasteiger partial charge in [-0.3, -0.25) is 15.0 Å². The molecule has 0 aromatic carbocycles. The van der Waals surface area contributed by atoms with E-state index in [4.69, 9.17) is 0 Å². The van der Waals surface area contributed by atoms with Crippen LogP contribution < -0.4 is 0 Å². The van der Waals surface area contributed by atoms with E-state index in [1.165, 1.54) is 5.56 Å². The SMILES string of the molecule is CCCc1ccncc1-c1csc(-c2cnccn2)n1. The lowest BCUT2D eigenvalue weighted by Crippen LogP contribution is -1.91. The highest BCUT2D eigenvalue weighted by Gasteiger charge is 2.10. The molecule has 3 heterocycles. The molecular formula is C15H14N4S. The molecule has 0 spiro atoms. The molecule has 0 unspecified atom stereocenters. The minimum Gasteiger partial charge on any atom is -0.264 e. The number of nitrogens with zero attached hydrogens (tertiary/aromatic N) is 4. The van der Waals surface area contributed by atoms with Gasteiger partial charge in [0.25, 0.3) is 0 Å². The molecule has 0 aliphatic heterocycles. The molecule has 3 rings (SSSR count). The average Bonchev–Trinajstić information content (AvgIpc) is 2.99. The van der Waals surface area contributed by atoms with E-state index in [9.17, 15) is 0 Å². The molecule has 0 aliphatic rings. The predicted octanol–water partition coefficient (Wildman–Crippen LogP) is 3.61. The maximum atomic E-state index is 4.67. The van der Waals surface area contributed by atoms with Gasteiger partial charge < -0.3 is 0 Å². The fourth-order valence-corrected chi connectivity index (χ4v) is 2.85. The van der Waals surface area contributed by atoms with E-state index in [1.54, 1.807) is 29.9 Å². The van der Waals surface area contributed by atoms with Gasteiger partial charge in [-0.25, -0.2) is 4.98 Å². The second-order valence-corrected chi connectivity index (χ2v) is 5.27. The summed E-state index contributed by atoms with van der Waals surface area (Å²) in [5.74, 6) is 0. The van der Waals surface area contributed by atoms with E-state index in [-0.39, 0.29) is 0 Å². The number of aromatic nitrogens is 4. The molecule has 3 aromatic heterocycles. The maximum Gasteiger partial charge on any atom is 0.144 e. The van der Waals surface area contributed by atoms with Gasteiger partial charge >= 0.3 is 0 Å². The predicted molar refractivity (Wildman–Crippen MR) is 80.4 cm³/mol. The summed E-state index contributed by atoms with van der Waals surface area (Å²) in [5, 5.41) is 2.94. The Morgan fingerprint density at radius 3 is 2.75 bits per heavy atom. The van der Waals surface area contributed by atoms with E-state index in [2.05, 4.69) is 38.3 Å². The van der Waals surface area contributed by atoms with Crippen molar-refractivity contribution >= 4 is 11.3 Å². The van der Waals surface area contributed by atoms with Crippen molar-refractivity contribution in [1.82, 2.24) is 19.9 Å². The van der Waals surface area contributed by atoms with Gasteiger partial charge in [-0.2, -0.15) is 0 Å². The molecule has 0 radical (unpaired) electrons. The number of hydrogen-bond acceptors (Lipinski definition) is 5. The molecule has 0 saturated heterocycles.